The Morgan fingerprint density at radius 3 is 2.52 bits per heavy atom. The molecule has 2 aromatic rings. The normalized spacial score (nSPS) is 11.5. The molecule has 0 aliphatic carbocycles. The lowest BCUT2D eigenvalue weighted by Gasteiger charge is -2.17. The van der Waals surface area contributed by atoms with Gasteiger partial charge in [0.2, 0.25) is 21.1 Å². The standard InChI is InChI=1S/C15H20N4O4S2/c1-11-17-18-15(24-11)16-14(20)5-4-10-19(2)25(21,22)13-8-6-12(23-3)7-9-13/h6-9H,4-5,10H2,1-3H3,(H,16,18,20). The van der Waals surface area contributed by atoms with Crippen LogP contribution in [0.2, 0.25) is 0 Å². The molecule has 136 valence electrons. The number of carbonyl (C=O) groups is 1. The van der Waals surface area contributed by atoms with Crippen LogP contribution in [0.25, 0.3) is 0 Å². The molecule has 1 N–H and O–H groups in total. The summed E-state index contributed by atoms with van der Waals surface area (Å²) in [7, 11) is -0.582. The lowest BCUT2D eigenvalue weighted by Crippen LogP contribution is -2.28. The van der Waals surface area contributed by atoms with E-state index < -0.39 is 10.0 Å². The van der Waals surface area contributed by atoms with E-state index in [0.717, 1.165) is 5.01 Å². The lowest BCUT2D eigenvalue weighted by atomic mass is 10.3. The van der Waals surface area contributed by atoms with Crippen molar-refractivity contribution in [1.82, 2.24) is 14.5 Å². The molecular weight excluding hydrogens is 364 g/mol. The third kappa shape index (κ3) is 5.21. The second-order valence-electron chi connectivity index (χ2n) is 5.28. The van der Waals surface area contributed by atoms with E-state index in [4.69, 9.17) is 4.74 Å². The molecule has 1 amide bonds. The fourth-order valence-corrected chi connectivity index (χ4v) is 3.86. The highest BCUT2D eigenvalue weighted by Gasteiger charge is 2.20. The quantitative estimate of drug-likeness (QED) is 0.746. The minimum atomic E-state index is -3.59. The molecule has 1 aromatic carbocycles. The van der Waals surface area contributed by atoms with Crippen LogP contribution in [-0.2, 0) is 14.8 Å². The highest BCUT2D eigenvalue weighted by Crippen LogP contribution is 2.19. The minimum Gasteiger partial charge on any atom is -0.497 e. The van der Waals surface area contributed by atoms with Gasteiger partial charge in [-0.15, -0.1) is 10.2 Å². The summed E-state index contributed by atoms with van der Waals surface area (Å²) in [4.78, 5) is 12.0. The predicted molar refractivity (Wildman–Crippen MR) is 95.3 cm³/mol. The van der Waals surface area contributed by atoms with Gasteiger partial charge >= 0.3 is 0 Å². The molecule has 1 heterocycles. The Kier molecular flexibility index (Phi) is 6.45. The Morgan fingerprint density at radius 2 is 1.96 bits per heavy atom. The molecule has 0 saturated carbocycles. The number of benzene rings is 1. The smallest absolute Gasteiger partial charge is 0.242 e. The van der Waals surface area contributed by atoms with Crippen molar-refractivity contribution in [2.24, 2.45) is 0 Å². The third-order valence-corrected chi connectivity index (χ3v) is 6.04. The average molecular weight is 384 g/mol. The molecule has 0 atom stereocenters. The van der Waals surface area contributed by atoms with Gasteiger partial charge in [-0.25, -0.2) is 12.7 Å². The number of hydrogen-bond donors (Lipinski definition) is 1. The van der Waals surface area contributed by atoms with Crippen molar-refractivity contribution in [3.63, 3.8) is 0 Å². The number of hydrogen-bond acceptors (Lipinski definition) is 7. The molecule has 0 aliphatic rings. The Hall–Kier alpha value is -2.04. The summed E-state index contributed by atoms with van der Waals surface area (Å²) in [5, 5.41) is 11.5. The number of carbonyl (C=O) groups excluding carboxylic acids is 1. The Morgan fingerprint density at radius 1 is 1.28 bits per heavy atom. The van der Waals surface area contributed by atoms with Crippen molar-refractivity contribution < 1.29 is 17.9 Å². The van der Waals surface area contributed by atoms with E-state index in [9.17, 15) is 13.2 Å². The fourth-order valence-electron chi connectivity index (χ4n) is 2.04. The summed E-state index contributed by atoms with van der Waals surface area (Å²) in [5.41, 5.74) is 0. The van der Waals surface area contributed by atoms with E-state index in [1.54, 1.807) is 19.1 Å². The van der Waals surface area contributed by atoms with E-state index in [1.165, 1.54) is 41.9 Å². The van der Waals surface area contributed by atoms with Gasteiger partial charge in [0.25, 0.3) is 0 Å². The van der Waals surface area contributed by atoms with Crippen molar-refractivity contribution in [2.45, 2.75) is 24.7 Å². The molecule has 25 heavy (non-hydrogen) atoms. The Bertz CT molecular complexity index is 818. The van der Waals surface area contributed by atoms with Crippen LogP contribution in [0.4, 0.5) is 5.13 Å². The number of aryl methyl sites for hydroxylation is 1. The second-order valence-corrected chi connectivity index (χ2v) is 8.51. The average Bonchev–Trinajstić information content (AvgIpc) is 2.99. The first-order valence-corrected chi connectivity index (χ1v) is 9.79. The molecule has 0 fully saturated rings. The SMILES string of the molecule is COc1ccc(S(=O)(=O)N(C)CCCC(=O)Nc2nnc(C)s2)cc1. The zero-order valence-corrected chi connectivity index (χ0v) is 15.9. The monoisotopic (exact) mass is 384 g/mol. The third-order valence-electron chi connectivity index (χ3n) is 3.42. The summed E-state index contributed by atoms with van der Waals surface area (Å²) in [6.07, 6.45) is 0.594. The molecule has 0 spiro atoms. The van der Waals surface area contributed by atoms with E-state index >= 15 is 0 Å². The van der Waals surface area contributed by atoms with E-state index in [1.807, 2.05) is 0 Å². The molecule has 1 aromatic heterocycles. The van der Waals surface area contributed by atoms with Crippen molar-refractivity contribution in [3.8, 4) is 5.75 Å². The van der Waals surface area contributed by atoms with Crippen molar-refractivity contribution in [1.29, 1.82) is 0 Å². The molecule has 0 radical (unpaired) electrons. The van der Waals surface area contributed by atoms with Gasteiger partial charge in [-0.05, 0) is 37.6 Å². The zero-order valence-electron chi connectivity index (χ0n) is 14.2. The van der Waals surface area contributed by atoms with Crippen LogP contribution in [-0.4, -0.2) is 49.5 Å². The van der Waals surface area contributed by atoms with Crippen LogP contribution in [0.5, 0.6) is 5.75 Å². The maximum atomic E-state index is 12.5. The van der Waals surface area contributed by atoms with Gasteiger partial charge in [0.05, 0.1) is 12.0 Å². The molecule has 0 unspecified atom stereocenters. The molecule has 0 saturated heterocycles. The Labute approximate surface area is 150 Å². The lowest BCUT2D eigenvalue weighted by molar-refractivity contribution is -0.116. The van der Waals surface area contributed by atoms with Crippen LogP contribution in [0.1, 0.15) is 17.8 Å². The minimum absolute atomic E-state index is 0.185. The second kappa shape index (κ2) is 8.37. The fraction of sp³-hybridized carbons (Fsp3) is 0.400. The molecule has 2 rings (SSSR count). The van der Waals surface area contributed by atoms with E-state index in [0.29, 0.717) is 17.3 Å². The van der Waals surface area contributed by atoms with Crippen LogP contribution in [0.3, 0.4) is 0 Å². The van der Waals surface area contributed by atoms with Gasteiger partial charge in [0.1, 0.15) is 10.8 Å². The molecule has 0 bridgehead atoms. The maximum Gasteiger partial charge on any atom is 0.242 e. The van der Waals surface area contributed by atoms with Crippen molar-refractivity contribution >= 4 is 32.4 Å². The number of nitrogens with one attached hydrogen (secondary N) is 1. The summed E-state index contributed by atoms with van der Waals surface area (Å²) in [6.45, 7) is 2.03. The number of nitrogens with zero attached hydrogens (tertiary/aromatic N) is 3. The number of ether oxygens (including phenoxy) is 1. The van der Waals surface area contributed by atoms with E-state index in [-0.39, 0.29) is 23.8 Å². The van der Waals surface area contributed by atoms with Crippen LogP contribution >= 0.6 is 11.3 Å². The molecule has 0 aliphatic heterocycles. The maximum absolute atomic E-state index is 12.5. The molecule has 8 nitrogen and oxygen atoms in total. The van der Waals surface area contributed by atoms with Crippen LogP contribution in [0.15, 0.2) is 29.2 Å². The first kappa shape index (κ1) is 19.3. The van der Waals surface area contributed by atoms with Gasteiger partial charge in [-0.3, -0.25) is 4.79 Å². The number of methoxy groups -OCH3 is 1. The summed E-state index contributed by atoms with van der Waals surface area (Å²) in [6, 6.07) is 6.18. The number of anilines is 1. The first-order valence-electron chi connectivity index (χ1n) is 7.53. The van der Waals surface area contributed by atoms with E-state index in [2.05, 4.69) is 15.5 Å². The van der Waals surface area contributed by atoms with Gasteiger partial charge < -0.3 is 10.1 Å². The first-order chi connectivity index (χ1) is 11.8. The number of rotatable bonds is 8. The Balaban J connectivity index is 1.85. The van der Waals surface area contributed by atoms with Gasteiger partial charge in [0, 0.05) is 20.0 Å². The number of amides is 1. The number of aromatic nitrogens is 2. The van der Waals surface area contributed by atoms with Gasteiger partial charge in [-0.1, -0.05) is 11.3 Å². The van der Waals surface area contributed by atoms with Crippen molar-refractivity contribution in [3.05, 3.63) is 29.3 Å². The number of sulfonamides is 1. The van der Waals surface area contributed by atoms with Gasteiger partial charge in [-0.2, -0.15) is 0 Å². The van der Waals surface area contributed by atoms with Crippen molar-refractivity contribution in [2.75, 3.05) is 26.0 Å². The zero-order chi connectivity index (χ0) is 18.4. The summed E-state index contributed by atoms with van der Waals surface area (Å²) >= 11 is 1.29. The highest BCUT2D eigenvalue weighted by molar-refractivity contribution is 7.89. The van der Waals surface area contributed by atoms with Gasteiger partial charge in [0.15, 0.2) is 0 Å². The topological polar surface area (TPSA) is 101 Å². The predicted octanol–water partition coefficient (Wildman–Crippen LogP) is 1.89. The largest absolute Gasteiger partial charge is 0.497 e. The summed E-state index contributed by atoms with van der Waals surface area (Å²) < 4.78 is 31.2. The van der Waals surface area contributed by atoms with Crippen LogP contribution < -0.4 is 10.1 Å². The van der Waals surface area contributed by atoms with Crippen LogP contribution in [0, 0.1) is 6.92 Å². The molecule has 10 heteroatoms. The summed E-state index contributed by atoms with van der Waals surface area (Å²) in [5.74, 6) is 0.372. The highest BCUT2D eigenvalue weighted by atomic mass is 32.2. The molecular formula is C15H20N4O4S2.